The number of ether oxygens (including phenoxy) is 1. The van der Waals surface area contributed by atoms with Crippen molar-refractivity contribution in [2.24, 2.45) is 0 Å². The van der Waals surface area contributed by atoms with E-state index < -0.39 is 0 Å². The van der Waals surface area contributed by atoms with Crippen molar-refractivity contribution in [1.82, 2.24) is 9.88 Å². The Morgan fingerprint density at radius 2 is 2.04 bits per heavy atom. The zero-order chi connectivity index (χ0) is 17.1. The van der Waals surface area contributed by atoms with Crippen LogP contribution in [0, 0.1) is 0 Å². The van der Waals surface area contributed by atoms with Crippen LogP contribution in [0.4, 0.5) is 5.69 Å². The molecule has 0 unspecified atom stereocenters. The van der Waals surface area contributed by atoms with Crippen molar-refractivity contribution < 1.29 is 9.15 Å². The van der Waals surface area contributed by atoms with E-state index in [0.717, 1.165) is 54.9 Å². The van der Waals surface area contributed by atoms with Gasteiger partial charge in [-0.2, -0.15) is 0 Å². The van der Waals surface area contributed by atoms with E-state index in [0.29, 0.717) is 0 Å². The molecule has 0 amide bonds. The van der Waals surface area contributed by atoms with Crippen LogP contribution in [0.2, 0.25) is 0 Å². The average molecular weight is 355 g/mol. The summed E-state index contributed by atoms with van der Waals surface area (Å²) < 4.78 is 10.7. The summed E-state index contributed by atoms with van der Waals surface area (Å²) in [5, 5.41) is 3.08. The maximum absolute atomic E-state index is 5.42. The van der Waals surface area contributed by atoms with Gasteiger partial charge in [0.2, 0.25) is 0 Å². The first-order chi connectivity index (χ1) is 12.3. The van der Waals surface area contributed by atoms with Gasteiger partial charge in [0.05, 0.1) is 19.1 Å². The van der Waals surface area contributed by atoms with E-state index in [1.165, 1.54) is 5.69 Å². The van der Waals surface area contributed by atoms with Gasteiger partial charge < -0.3 is 14.1 Å². The lowest BCUT2D eigenvalue weighted by Crippen LogP contribution is -2.46. The Labute approximate surface area is 151 Å². The number of thiazole rings is 1. The Morgan fingerprint density at radius 3 is 2.80 bits per heavy atom. The van der Waals surface area contributed by atoms with E-state index in [1.54, 1.807) is 24.7 Å². The van der Waals surface area contributed by atoms with Crippen LogP contribution in [0.25, 0.3) is 10.8 Å². The molecule has 0 N–H and O–H groups in total. The molecule has 0 spiro atoms. The van der Waals surface area contributed by atoms with Gasteiger partial charge in [-0.3, -0.25) is 4.90 Å². The lowest BCUT2D eigenvalue weighted by molar-refractivity contribution is 0.247. The van der Waals surface area contributed by atoms with Crippen LogP contribution in [0.5, 0.6) is 5.75 Å². The molecule has 130 valence electrons. The minimum atomic E-state index is 0.846. The van der Waals surface area contributed by atoms with Gasteiger partial charge >= 0.3 is 0 Å². The largest absolute Gasteiger partial charge is 0.497 e. The number of benzene rings is 1. The fraction of sp³-hybridized carbons (Fsp3) is 0.316. The highest BCUT2D eigenvalue weighted by Crippen LogP contribution is 2.25. The molecular formula is C19H21N3O2S. The molecule has 1 aliphatic heterocycles. The third-order valence-electron chi connectivity index (χ3n) is 4.46. The van der Waals surface area contributed by atoms with Crippen LogP contribution in [0.1, 0.15) is 5.69 Å². The molecule has 0 radical (unpaired) electrons. The van der Waals surface area contributed by atoms with Crippen molar-refractivity contribution in [3.8, 4) is 16.5 Å². The summed E-state index contributed by atoms with van der Waals surface area (Å²) in [4.78, 5) is 9.57. The van der Waals surface area contributed by atoms with E-state index in [1.807, 2.05) is 24.3 Å². The van der Waals surface area contributed by atoms with Crippen molar-refractivity contribution in [2.75, 3.05) is 38.2 Å². The summed E-state index contributed by atoms with van der Waals surface area (Å²) in [5.41, 5.74) is 2.35. The van der Waals surface area contributed by atoms with Crippen molar-refractivity contribution in [3.63, 3.8) is 0 Å². The summed E-state index contributed by atoms with van der Waals surface area (Å²) in [6.45, 7) is 4.99. The second-order valence-electron chi connectivity index (χ2n) is 6.09. The second kappa shape index (κ2) is 7.29. The number of methoxy groups -OCH3 is 1. The molecule has 4 rings (SSSR count). The fourth-order valence-electron chi connectivity index (χ4n) is 3.09. The maximum Gasteiger partial charge on any atom is 0.162 e. The fourth-order valence-corrected chi connectivity index (χ4v) is 3.87. The lowest BCUT2D eigenvalue weighted by Gasteiger charge is -2.35. The standard InChI is InChI=1S/C19H21N3O2S/c1-23-17-5-2-4-16(12-17)22-9-7-21(8-10-22)13-15-14-25-19(20-15)18-6-3-11-24-18/h2-6,11-12,14H,7-10,13H2,1H3. The van der Waals surface area contributed by atoms with Gasteiger partial charge in [0, 0.05) is 49.9 Å². The van der Waals surface area contributed by atoms with Gasteiger partial charge in [-0.15, -0.1) is 11.3 Å². The first-order valence-electron chi connectivity index (χ1n) is 8.41. The lowest BCUT2D eigenvalue weighted by atomic mass is 10.2. The first-order valence-corrected chi connectivity index (χ1v) is 9.29. The second-order valence-corrected chi connectivity index (χ2v) is 6.94. The molecule has 1 aromatic carbocycles. The highest BCUT2D eigenvalue weighted by Gasteiger charge is 2.19. The van der Waals surface area contributed by atoms with Gasteiger partial charge in [-0.05, 0) is 24.3 Å². The molecule has 1 fully saturated rings. The predicted molar refractivity (Wildman–Crippen MR) is 100 cm³/mol. The number of piperazine rings is 1. The Kier molecular flexibility index (Phi) is 4.72. The third-order valence-corrected chi connectivity index (χ3v) is 5.37. The van der Waals surface area contributed by atoms with Crippen LogP contribution in [-0.2, 0) is 6.54 Å². The number of rotatable bonds is 5. The number of furan rings is 1. The normalized spacial score (nSPS) is 15.5. The summed E-state index contributed by atoms with van der Waals surface area (Å²) in [6.07, 6.45) is 1.69. The van der Waals surface area contributed by atoms with Gasteiger partial charge in [0.25, 0.3) is 0 Å². The molecule has 3 heterocycles. The zero-order valence-electron chi connectivity index (χ0n) is 14.2. The monoisotopic (exact) mass is 355 g/mol. The number of hydrogen-bond donors (Lipinski definition) is 0. The van der Waals surface area contributed by atoms with Gasteiger partial charge in [0.1, 0.15) is 5.75 Å². The third kappa shape index (κ3) is 3.70. The molecular weight excluding hydrogens is 334 g/mol. The molecule has 2 aromatic heterocycles. The number of nitrogens with zero attached hydrogens (tertiary/aromatic N) is 3. The Bertz CT molecular complexity index is 808. The molecule has 25 heavy (non-hydrogen) atoms. The predicted octanol–water partition coefficient (Wildman–Crippen LogP) is 3.73. The molecule has 0 saturated carbocycles. The smallest absolute Gasteiger partial charge is 0.162 e. The quantitative estimate of drug-likeness (QED) is 0.697. The van der Waals surface area contributed by atoms with Crippen LogP contribution < -0.4 is 9.64 Å². The molecule has 0 bridgehead atoms. The van der Waals surface area contributed by atoms with Crippen LogP contribution >= 0.6 is 11.3 Å². The van der Waals surface area contributed by atoms with Crippen LogP contribution in [-0.4, -0.2) is 43.2 Å². The molecule has 1 saturated heterocycles. The van der Waals surface area contributed by atoms with E-state index in [-0.39, 0.29) is 0 Å². The highest BCUT2D eigenvalue weighted by molar-refractivity contribution is 7.13. The van der Waals surface area contributed by atoms with Gasteiger partial charge in [-0.25, -0.2) is 4.98 Å². The van der Waals surface area contributed by atoms with E-state index in [9.17, 15) is 0 Å². The van der Waals surface area contributed by atoms with Gasteiger partial charge in [-0.1, -0.05) is 6.07 Å². The topological polar surface area (TPSA) is 41.7 Å². The summed E-state index contributed by atoms with van der Waals surface area (Å²) >= 11 is 1.64. The number of anilines is 1. The number of hydrogen-bond acceptors (Lipinski definition) is 6. The summed E-state index contributed by atoms with van der Waals surface area (Å²) in [6, 6.07) is 12.1. The summed E-state index contributed by atoms with van der Waals surface area (Å²) in [5.74, 6) is 1.76. The minimum Gasteiger partial charge on any atom is -0.497 e. The zero-order valence-corrected chi connectivity index (χ0v) is 15.0. The maximum atomic E-state index is 5.42. The Hall–Kier alpha value is -2.31. The molecule has 0 atom stereocenters. The first kappa shape index (κ1) is 16.2. The van der Waals surface area contributed by atoms with Crippen molar-refractivity contribution in [2.45, 2.75) is 6.54 Å². The molecule has 6 heteroatoms. The van der Waals surface area contributed by atoms with E-state index in [4.69, 9.17) is 14.1 Å². The van der Waals surface area contributed by atoms with Crippen LogP contribution in [0.3, 0.4) is 0 Å². The molecule has 1 aliphatic rings. The van der Waals surface area contributed by atoms with Gasteiger partial charge in [0.15, 0.2) is 10.8 Å². The Balaban J connectivity index is 1.34. The summed E-state index contributed by atoms with van der Waals surface area (Å²) in [7, 11) is 1.71. The Morgan fingerprint density at radius 1 is 1.16 bits per heavy atom. The van der Waals surface area contributed by atoms with Crippen LogP contribution in [0.15, 0.2) is 52.5 Å². The molecule has 5 nitrogen and oxygen atoms in total. The SMILES string of the molecule is COc1cccc(N2CCN(Cc3csc(-c4ccco4)n3)CC2)c1. The van der Waals surface area contributed by atoms with Crippen molar-refractivity contribution >= 4 is 17.0 Å². The minimum absolute atomic E-state index is 0.846. The molecule has 3 aromatic rings. The number of aromatic nitrogens is 1. The van der Waals surface area contributed by atoms with Crippen molar-refractivity contribution in [3.05, 3.63) is 53.7 Å². The highest BCUT2D eigenvalue weighted by atomic mass is 32.1. The van der Waals surface area contributed by atoms with E-state index >= 15 is 0 Å². The molecule has 0 aliphatic carbocycles. The average Bonchev–Trinajstić information content (AvgIpc) is 3.34. The van der Waals surface area contributed by atoms with E-state index in [2.05, 4.69) is 27.3 Å². The van der Waals surface area contributed by atoms with Crippen molar-refractivity contribution in [1.29, 1.82) is 0 Å².